The lowest BCUT2D eigenvalue weighted by atomic mass is 10.0. The summed E-state index contributed by atoms with van der Waals surface area (Å²) >= 11 is 0. The average Bonchev–Trinajstić information content (AvgIpc) is 2.83. The molecule has 2 rings (SSSR count). The fourth-order valence-corrected chi connectivity index (χ4v) is 3.25. The second-order valence-corrected chi connectivity index (χ2v) is 8.03. The van der Waals surface area contributed by atoms with Crippen molar-refractivity contribution in [2.45, 2.75) is 45.4 Å². The fraction of sp³-hybridized carbons (Fsp3) is 0.385. The van der Waals surface area contributed by atoms with Crippen LogP contribution >= 0.6 is 0 Å². The lowest BCUT2D eigenvalue weighted by Crippen LogP contribution is -2.35. The van der Waals surface area contributed by atoms with E-state index in [0.717, 1.165) is 17.5 Å². The summed E-state index contributed by atoms with van der Waals surface area (Å²) in [5, 5.41) is 5.35. The third kappa shape index (κ3) is 9.69. The summed E-state index contributed by atoms with van der Waals surface area (Å²) < 4.78 is 0. The number of rotatable bonds is 14. The summed E-state index contributed by atoms with van der Waals surface area (Å²) in [6.45, 7) is 2.78. The fourth-order valence-electron chi connectivity index (χ4n) is 3.25. The van der Waals surface area contributed by atoms with Crippen LogP contribution in [-0.4, -0.2) is 36.5 Å². The maximum absolute atomic E-state index is 12.0. The van der Waals surface area contributed by atoms with Gasteiger partial charge in [0, 0.05) is 25.9 Å². The number of carbonyl (C=O) groups excluding carboxylic acids is 4. The van der Waals surface area contributed by atoms with E-state index < -0.39 is 23.4 Å². The lowest BCUT2D eigenvalue weighted by molar-refractivity contribution is -0.138. The first-order chi connectivity index (χ1) is 15.5. The molecule has 1 unspecified atom stereocenters. The van der Waals surface area contributed by atoms with E-state index in [2.05, 4.69) is 10.6 Å². The average molecular weight is 437 g/mol. The molecule has 0 fully saturated rings. The highest BCUT2D eigenvalue weighted by Gasteiger charge is 2.15. The molecule has 6 nitrogen and oxygen atoms in total. The Balaban J connectivity index is 1.54. The molecule has 0 saturated carbocycles. The third-order valence-electron chi connectivity index (χ3n) is 5.24. The van der Waals surface area contributed by atoms with Crippen molar-refractivity contribution in [3.8, 4) is 0 Å². The summed E-state index contributed by atoms with van der Waals surface area (Å²) in [4.78, 5) is 47.8. The molecule has 32 heavy (non-hydrogen) atoms. The minimum Gasteiger partial charge on any atom is -0.350 e. The molecule has 2 aromatic carbocycles. The van der Waals surface area contributed by atoms with Crippen molar-refractivity contribution >= 4 is 23.4 Å². The monoisotopic (exact) mass is 436 g/mol. The number of Topliss-reactive ketones (excluding diaryl/α,β-unsaturated/α-hetero) is 2. The number of ketones is 2. The van der Waals surface area contributed by atoms with Crippen LogP contribution in [0.4, 0.5) is 0 Å². The highest BCUT2D eigenvalue weighted by atomic mass is 16.2. The van der Waals surface area contributed by atoms with E-state index in [9.17, 15) is 19.2 Å². The van der Waals surface area contributed by atoms with Crippen molar-refractivity contribution in [2.24, 2.45) is 5.92 Å². The molecule has 0 aliphatic rings. The van der Waals surface area contributed by atoms with Crippen molar-refractivity contribution in [1.82, 2.24) is 10.6 Å². The van der Waals surface area contributed by atoms with E-state index in [1.165, 1.54) is 0 Å². The largest absolute Gasteiger partial charge is 0.350 e. The number of nitrogens with one attached hydrogen (secondary N) is 2. The predicted octanol–water partition coefficient (Wildman–Crippen LogP) is 3.04. The third-order valence-corrected chi connectivity index (χ3v) is 5.24. The molecule has 0 bridgehead atoms. The van der Waals surface area contributed by atoms with Crippen LogP contribution in [0.15, 0.2) is 60.7 Å². The second-order valence-electron chi connectivity index (χ2n) is 8.03. The van der Waals surface area contributed by atoms with Crippen molar-refractivity contribution < 1.29 is 19.2 Å². The van der Waals surface area contributed by atoms with Gasteiger partial charge in [-0.15, -0.1) is 0 Å². The Morgan fingerprint density at radius 1 is 0.719 bits per heavy atom. The molecule has 2 N–H and O–H groups in total. The van der Waals surface area contributed by atoms with Crippen molar-refractivity contribution in [2.75, 3.05) is 13.1 Å². The van der Waals surface area contributed by atoms with Crippen molar-refractivity contribution in [1.29, 1.82) is 0 Å². The molecule has 0 heterocycles. The van der Waals surface area contributed by atoms with E-state index in [1.807, 2.05) is 67.6 Å². The van der Waals surface area contributed by atoms with Crippen LogP contribution in [0.3, 0.4) is 0 Å². The van der Waals surface area contributed by atoms with Gasteiger partial charge in [0.25, 0.3) is 11.8 Å². The number of amides is 2. The Kier molecular flexibility index (Phi) is 10.9. The highest BCUT2D eigenvalue weighted by Crippen LogP contribution is 2.06. The first-order valence-electron chi connectivity index (χ1n) is 11.2. The quantitative estimate of drug-likeness (QED) is 0.352. The maximum Gasteiger partial charge on any atom is 0.287 e. The van der Waals surface area contributed by atoms with E-state index >= 15 is 0 Å². The first-order valence-corrected chi connectivity index (χ1v) is 11.2. The molecule has 0 spiro atoms. The van der Waals surface area contributed by atoms with E-state index in [4.69, 9.17) is 0 Å². The van der Waals surface area contributed by atoms with E-state index in [-0.39, 0.29) is 18.8 Å². The summed E-state index contributed by atoms with van der Waals surface area (Å²) in [6.07, 6.45) is 2.93. The molecule has 2 aromatic rings. The molecule has 0 aromatic heterocycles. The molecular weight excluding hydrogens is 404 g/mol. The van der Waals surface area contributed by atoms with Crippen LogP contribution in [0.5, 0.6) is 0 Å². The SMILES string of the molecule is CC(CCCNC(=O)C(=O)CCc1ccccc1)CNC(=O)C(=O)CCc1ccccc1. The zero-order valence-electron chi connectivity index (χ0n) is 18.6. The molecule has 0 aliphatic carbocycles. The van der Waals surface area contributed by atoms with Gasteiger partial charge in [-0.25, -0.2) is 0 Å². The number of aryl methyl sites for hydroxylation is 2. The summed E-state index contributed by atoms with van der Waals surface area (Å²) in [7, 11) is 0. The van der Waals surface area contributed by atoms with Crippen molar-refractivity contribution in [3.05, 3.63) is 71.8 Å². The number of hydrogen-bond donors (Lipinski definition) is 2. The van der Waals surface area contributed by atoms with Crippen LogP contribution in [0.25, 0.3) is 0 Å². The van der Waals surface area contributed by atoms with E-state index in [1.54, 1.807) is 0 Å². The highest BCUT2D eigenvalue weighted by molar-refractivity contribution is 6.36. The summed E-state index contributed by atoms with van der Waals surface area (Å²) in [5.74, 6) is -1.77. The minimum absolute atomic E-state index is 0.159. The molecule has 0 saturated heterocycles. The zero-order valence-corrected chi connectivity index (χ0v) is 18.6. The normalized spacial score (nSPS) is 11.4. The van der Waals surface area contributed by atoms with Crippen LogP contribution < -0.4 is 10.6 Å². The smallest absolute Gasteiger partial charge is 0.287 e. The van der Waals surface area contributed by atoms with Gasteiger partial charge >= 0.3 is 0 Å². The second kappa shape index (κ2) is 13.9. The molecule has 2 amide bonds. The number of carbonyl (C=O) groups is 4. The Morgan fingerprint density at radius 3 is 1.69 bits per heavy atom. The first kappa shape index (κ1) is 25.0. The van der Waals surface area contributed by atoms with Crippen LogP contribution in [-0.2, 0) is 32.0 Å². The zero-order chi connectivity index (χ0) is 23.2. The van der Waals surface area contributed by atoms with Gasteiger partial charge in [0.1, 0.15) is 0 Å². The van der Waals surface area contributed by atoms with Gasteiger partial charge in [-0.05, 0) is 42.7 Å². The Bertz CT molecular complexity index is 881. The lowest BCUT2D eigenvalue weighted by Gasteiger charge is -2.12. The van der Waals surface area contributed by atoms with Gasteiger partial charge in [0.05, 0.1) is 0 Å². The van der Waals surface area contributed by atoms with Crippen LogP contribution in [0.1, 0.15) is 43.7 Å². The molecule has 0 aliphatic heterocycles. The molecular formula is C26H32N2O4. The van der Waals surface area contributed by atoms with Gasteiger partial charge in [-0.2, -0.15) is 0 Å². The summed E-state index contributed by atoms with van der Waals surface area (Å²) in [5.41, 5.74) is 2.06. The molecule has 0 radical (unpaired) electrons. The van der Waals surface area contributed by atoms with Crippen molar-refractivity contribution in [3.63, 3.8) is 0 Å². The Labute approximate surface area is 189 Å². The van der Waals surface area contributed by atoms with Gasteiger partial charge in [-0.3, -0.25) is 19.2 Å². The predicted molar refractivity (Wildman–Crippen MR) is 124 cm³/mol. The van der Waals surface area contributed by atoms with Gasteiger partial charge in [0.15, 0.2) is 0 Å². The van der Waals surface area contributed by atoms with E-state index in [0.29, 0.717) is 32.4 Å². The van der Waals surface area contributed by atoms with Gasteiger partial charge in [0.2, 0.25) is 11.6 Å². The number of hydrogen-bond acceptors (Lipinski definition) is 4. The Hall–Kier alpha value is -3.28. The maximum atomic E-state index is 12.0. The topological polar surface area (TPSA) is 92.3 Å². The standard InChI is InChI=1S/C26H32N2O4/c1-20(19-28-26(32)24(30)17-15-22-12-6-3-7-13-22)9-8-18-27-25(31)23(29)16-14-21-10-4-2-5-11-21/h2-7,10-13,20H,8-9,14-19H2,1H3,(H,27,31)(H,28,32). The van der Waals surface area contributed by atoms with Gasteiger partial charge in [-0.1, -0.05) is 67.6 Å². The van der Waals surface area contributed by atoms with Gasteiger partial charge < -0.3 is 10.6 Å². The molecule has 6 heteroatoms. The van der Waals surface area contributed by atoms with Crippen LogP contribution in [0, 0.1) is 5.92 Å². The number of benzene rings is 2. The Morgan fingerprint density at radius 2 is 1.19 bits per heavy atom. The minimum atomic E-state index is -0.551. The summed E-state index contributed by atoms with van der Waals surface area (Å²) in [6, 6.07) is 19.2. The van der Waals surface area contributed by atoms with Crippen LogP contribution in [0.2, 0.25) is 0 Å². The molecule has 170 valence electrons. The molecule has 1 atom stereocenters.